The van der Waals surface area contributed by atoms with Crippen molar-refractivity contribution in [2.75, 3.05) is 0 Å². The van der Waals surface area contributed by atoms with E-state index in [2.05, 4.69) is 197 Å². The molecule has 2 radical (unpaired) electrons. The second kappa shape index (κ2) is 20.5. The molecule has 0 fully saturated rings. The second-order valence-electron chi connectivity index (χ2n) is 12.5. The monoisotopic (exact) mass is 808 g/mol. The molecule has 0 heterocycles. The second-order valence-corrected chi connectivity index (χ2v) is 17.2. The van der Waals surface area contributed by atoms with Gasteiger partial charge in [0, 0.05) is 9.52 Å². The summed E-state index contributed by atoms with van der Waals surface area (Å²) >= 11 is -0.826. The van der Waals surface area contributed by atoms with E-state index >= 15 is 0 Å². The van der Waals surface area contributed by atoms with Gasteiger partial charge >= 0.3 is 37.9 Å². The van der Waals surface area contributed by atoms with Crippen molar-refractivity contribution in [2.45, 2.75) is 39.8 Å². The molecule has 0 aliphatic carbocycles. The molecule has 0 unspecified atom stereocenters. The van der Waals surface area contributed by atoms with Crippen LogP contribution >= 0.6 is 17.0 Å². The van der Waals surface area contributed by atoms with Gasteiger partial charge in [0.15, 0.2) is 0 Å². The van der Waals surface area contributed by atoms with Crippen molar-refractivity contribution in [3.63, 3.8) is 0 Å². The number of benzene rings is 6. The van der Waals surface area contributed by atoms with Gasteiger partial charge in [-0.05, 0) is 35.1 Å². The van der Waals surface area contributed by atoms with Crippen LogP contribution in [-0.2, 0) is 33.7 Å². The maximum atomic E-state index is 4.93. The Morgan fingerprint density at radius 1 is 0.462 bits per heavy atom. The van der Waals surface area contributed by atoms with Gasteiger partial charge < -0.3 is 0 Å². The Balaban J connectivity index is 0.000000175. The minimum atomic E-state index is -0.826. The van der Waals surface area contributed by atoms with Crippen LogP contribution in [0.5, 0.6) is 0 Å². The van der Waals surface area contributed by atoms with Crippen LogP contribution in [0.25, 0.3) is 66.1 Å². The van der Waals surface area contributed by atoms with Crippen LogP contribution in [-0.4, -0.2) is 9.52 Å². The van der Waals surface area contributed by atoms with Crippen molar-refractivity contribution < 1.29 is 20.8 Å². The molecule has 8 aromatic rings. The SMILES string of the molecule is CCc1ccc(-c2cccc3[cH-]c(-c4ccccc4)cc23)cc1.CCc1ccc(-c2cccc3[cH-]c(-c4ccccc4)cc23)cc1.C[Si]C.[Cl][Zr+2][Cl]. The molecule has 0 aromatic heterocycles. The fourth-order valence-electron chi connectivity index (χ4n) is 6.41. The number of rotatable bonds is 6. The number of fused-ring (bicyclic) bond motifs is 2. The molecule has 0 saturated carbocycles. The molecule has 0 aliphatic rings. The van der Waals surface area contributed by atoms with Gasteiger partial charge in [-0.2, -0.15) is 0 Å². The van der Waals surface area contributed by atoms with E-state index in [1.807, 2.05) is 0 Å². The van der Waals surface area contributed by atoms with Gasteiger partial charge in [0.1, 0.15) is 0 Å². The van der Waals surface area contributed by atoms with Crippen LogP contribution < -0.4 is 0 Å². The van der Waals surface area contributed by atoms with Crippen molar-refractivity contribution in [1.29, 1.82) is 0 Å². The van der Waals surface area contributed by atoms with Crippen molar-refractivity contribution >= 4 is 48.1 Å². The van der Waals surface area contributed by atoms with E-state index in [0.29, 0.717) is 0 Å². The average molecular weight is 811 g/mol. The molecule has 0 bridgehead atoms. The molecule has 4 heteroatoms. The third kappa shape index (κ3) is 10.2. The van der Waals surface area contributed by atoms with Gasteiger partial charge in [0.05, 0.1) is 0 Å². The third-order valence-electron chi connectivity index (χ3n) is 9.06. The van der Waals surface area contributed by atoms with Gasteiger partial charge in [0.2, 0.25) is 0 Å². The Hall–Kier alpha value is -3.78. The van der Waals surface area contributed by atoms with Gasteiger partial charge in [-0.1, -0.05) is 183 Å². The zero-order valence-corrected chi connectivity index (χ0v) is 35.3. The summed E-state index contributed by atoms with van der Waals surface area (Å²) in [6.45, 7) is 8.69. The average Bonchev–Trinajstić information content (AvgIpc) is 3.85. The van der Waals surface area contributed by atoms with E-state index in [4.69, 9.17) is 17.0 Å². The third-order valence-corrected chi connectivity index (χ3v) is 9.06. The summed E-state index contributed by atoms with van der Waals surface area (Å²) < 4.78 is 0. The molecule has 258 valence electrons. The molecule has 0 nitrogen and oxygen atoms in total. The molecular formula is C48H44Cl2SiZr. The summed E-state index contributed by atoms with van der Waals surface area (Å²) in [5.74, 6) is 0. The zero-order chi connectivity index (χ0) is 36.7. The zero-order valence-electron chi connectivity index (χ0n) is 30.3. The minimum absolute atomic E-state index is 0.826. The molecule has 0 atom stereocenters. The Morgan fingerprint density at radius 2 is 0.808 bits per heavy atom. The van der Waals surface area contributed by atoms with Gasteiger partial charge in [-0.3, -0.25) is 0 Å². The van der Waals surface area contributed by atoms with E-state index < -0.39 is 20.8 Å². The first kappa shape index (κ1) is 39.4. The van der Waals surface area contributed by atoms with Crippen LogP contribution in [0.4, 0.5) is 0 Å². The van der Waals surface area contributed by atoms with Crippen LogP contribution in [0.15, 0.2) is 170 Å². The van der Waals surface area contributed by atoms with Crippen LogP contribution in [0.2, 0.25) is 13.1 Å². The Bertz CT molecular complexity index is 2070. The normalized spacial score (nSPS) is 10.3. The quantitative estimate of drug-likeness (QED) is 0.116. The summed E-state index contributed by atoms with van der Waals surface area (Å²) in [5, 5.41) is 5.27. The molecule has 52 heavy (non-hydrogen) atoms. The molecule has 8 aromatic carbocycles. The molecule has 0 amide bonds. The fourth-order valence-corrected chi connectivity index (χ4v) is 6.41. The van der Waals surface area contributed by atoms with Gasteiger partial charge in [0.25, 0.3) is 0 Å². The summed E-state index contributed by atoms with van der Waals surface area (Å²) in [6.07, 6.45) is 2.16. The molecule has 0 spiro atoms. The topological polar surface area (TPSA) is 0 Å². The van der Waals surface area contributed by atoms with Crippen molar-refractivity contribution in [3.8, 4) is 44.5 Å². The number of aryl methyl sites for hydroxylation is 2. The van der Waals surface area contributed by atoms with Crippen molar-refractivity contribution in [1.82, 2.24) is 0 Å². The predicted octanol–water partition coefficient (Wildman–Crippen LogP) is 15.1. The van der Waals surface area contributed by atoms with E-state index in [-0.39, 0.29) is 0 Å². The molecule has 0 aliphatic heterocycles. The van der Waals surface area contributed by atoms with Gasteiger partial charge in [-0.25, -0.2) is 0 Å². The van der Waals surface area contributed by atoms with Crippen LogP contribution in [0.3, 0.4) is 0 Å². The Kier molecular flexibility index (Phi) is 15.5. The fraction of sp³-hybridized carbons (Fsp3) is 0.125. The van der Waals surface area contributed by atoms with E-state index in [1.54, 1.807) is 0 Å². The summed E-state index contributed by atoms with van der Waals surface area (Å²) in [4.78, 5) is 0. The van der Waals surface area contributed by atoms with E-state index in [1.165, 1.54) is 77.2 Å². The van der Waals surface area contributed by atoms with Crippen LogP contribution in [0, 0.1) is 0 Å². The standard InChI is InChI=1S/2C23H19.C2H6Si.2ClH.Zr/c2*1-2-17-11-13-19(14-12-17)22-10-6-9-20-15-21(16-23(20)22)18-7-4-3-5-8-18;1-3-2;;;/h2*3-16H,2H2,1H3;1-2H3;2*1H;/q2*-1;;;;+4/p-2. The Labute approximate surface area is 331 Å². The number of hydrogen-bond donors (Lipinski definition) is 0. The summed E-state index contributed by atoms with van der Waals surface area (Å²) in [6, 6.07) is 61.4. The van der Waals surface area contributed by atoms with E-state index in [9.17, 15) is 0 Å². The molecule has 0 N–H and O–H groups in total. The molecular weight excluding hydrogens is 767 g/mol. The maximum absolute atomic E-state index is 4.93. The number of halogens is 2. The first-order valence-electron chi connectivity index (χ1n) is 17.8. The molecule has 0 saturated heterocycles. The molecule has 8 rings (SSSR count). The number of hydrogen-bond acceptors (Lipinski definition) is 0. The first-order valence-corrected chi connectivity index (χ1v) is 26.1. The van der Waals surface area contributed by atoms with Crippen molar-refractivity contribution in [2.24, 2.45) is 0 Å². The predicted molar refractivity (Wildman–Crippen MR) is 229 cm³/mol. The van der Waals surface area contributed by atoms with Crippen molar-refractivity contribution in [3.05, 3.63) is 181 Å². The summed E-state index contributed by atoms with van der Waals surface area (Å²) in [5.41, 5.74) is 13.1. The van der Waals surface area contributed by atoms with Crippen LogP contribution in [0.1, 0.15) is 25.0 Å². The van der Waals surface area contributed by atoms with E-state index in [0.717, 1.165) is 22.4 Å². The van der Waals surface area contributed by atoms with Gasteiger partial charge in [-0.15, -0.1) is 69.1 Å². The first-order chi connectivity index (χ1) is 25.5. The Morgan fingerprint density at radius 3 is 1.13 bits per heavy atom. The summed E-state index contributed by atoms with van der Waals surface area (Å²) in [7, 11) is 11.0.